The Morgan fingerprint density at radius 2 is 1.82 bits per heavy atom. The summed E-state index contributed by atoms with van der Waals surface area (Å²) in [5.41, 5.74) is 9.10. The monoisotopic (exact) mass is 367 g/mol. The SMILES string of the molecule is C=C1C=C(C)C=CN1/C(Cc1nc2ccccc2[nH]1)=C(\C)c1ccc(C)cc1. The maximum absolute atomic E-state index is 4.79. The molecule has 2 heterocycles. The fourth-order valence-electron chi connectivity index (χ4n) is 3.55. The molecule has 3 aromatic rings. The Hall–Kier alpha value is -3.33. The van der Waals surface area contributed by atoms with Crippen LogP contribution in [0.5, 0.6) is 0 Å². The summed E-state index contributed by atoms with van der Waals surface area (Å²) >= 11 is 0. The summed E-state index contributed by atoms with van der Waals surface area (Å²) in [6, 6.07) is 16.8. The van der Waals surface area contributed by atoms with Crippen molar-refractivity contribution in [1.82, 2.24) is 14.9 Å². The van der Waals surface area contributed by atoms with Gasteiger partial charge in [0.1, 0.15) is 5.82 Å². The van der Waals surface area contributed by atoms with Crippen molar-refractivity contribution >= 4 is 16.6 Å². The Bertz CT molecular complexity index is 1090. The quantitative estimate of drug-likeness (QED) is 0.601. The van der Waals surface area contributed by atoms with E-state index in [0.717, 1.165) is 22.6 Å². The van der Waals surface area contributed by atoms with Gasteiger partial charge in [-0.05, 0) is 61.8 Å². The second-order valence-electron chi connectivity index (χ2n) is 7.38. The smallest absolute Gasteiger partial charge is 0.113 e. The Balaban J connectivity index is 1.79. The molecule has 0 radical (unpaired) electrons. The van der Waals surface area contributed by atoms with Crippen LogP contribution in [0.1, 0.15) is 30.8 Å². The summed E-state index contributed by atoms with van der Waals surface area (Å²) in [6.07, 6.45) is 7.04. The van der Waals surface area contributed by atoms with Crippen molar-refractivity contribution in [3.8, 4) is 0 Å². The lowest BCUT2D eigenvalue weighted by atomic mass is 10.0. The molecule has 1 aromatic heterocycles. The number of nitrogens with zero attached hydrogens (tertiary/aromatic N) is 2. The first-order valence-electron chi connectivity index (χ1n) is 9.56. The van der Waals surface area contributed by atoms with Crippen LogP contribution in [0.2, 0.25) is 0 Å². The molecule has 140 valence electrons. The van der Waals surface area contributed by atoms with Gasteiger partial charge in [0.2, 0.25) is 0 Å². The zero-order chi connectivity index (χ0) is 19.7. The number of rotatable bonds is 4. The van der Waals surface area contributed by atoms with Crippen LogP contribution < -0.4 is 0 Å². The average molecular weight is 367 g/mol. The number of hydrogen-bond donors (Lipinski definition) is 1. The largest absolute Gasteiger partial charge is 0.342 e. The number of benzene rings is 2. The van der Waals surface area contributed by atoms with Gasteiger partial charge in [0.25, 0.3) is 0 Å². The summed E-state index contributed by atoms with van der Waals surface area (Å²) < 4.78 is 0. The number of aromatic amines is 1. The normalized spacial score (nSPS) is 15.0. The van der Waals surface area contributed by atoms with E-state index < -0.39 is 0 Å². The standard InChI is InChI=1S/C25H25N3/c1-17-9-11-21(12-10-17)20(4)24(28-14-13-18(2)15-19(28)3)16-25-26-22-7-5-6-8-23(22)27-25/h5-15H,3,16H2,1-2,4H3,(H,26,27)/b24-20+. The summed E-state index contributed by atoms with van der Waals surface area (Å²) in [7, 11) is 0. The summed E-state index contributed by atoms with van der Waals surface area (Å²) in [4.78, 5) is 10.4. The molecule has 0 saturated carbocycles. The molecule has 1 aliphatic rings. The van der Waals surface area contributed by atoms with Gasteiger partial charge < -0.3 is 9.88 Å². The highest BCUT2D eigenvalue weighted by atomic mass is 15.1. The van der Waals surface area contributed by atoms with Crippen molar-refractivity contribution in [2.45, 2.75) is 27.2 Å². The van der Waals surface area contributed by atoms with Gasteiger partial charge >= 0.3 is 0 Å². The van der Waals surface area contributed by atoms with Crippen molar-refractivity contribution in [3.05, 3.63) is 107 Å². The van der Waals surface area contributed by atoms with Crippen molar-refractivity contribution in [1.29, 1.82) is 0 Å². The van der Waals surface area contributed by atoms with Crippen LogP contribution in [0.3, 0.4) is 0 Å². The number of nitrogens with one attached hydrogen (secondary N) is 1. The maximum Gasteiger partial charge on any atom is 0.113 e. The molecule has 0 saturated heterocycles. The molecule has 0 atom stereocenters. The van der Waals surface area contributed by atoms with Crippen LogP contribution in [0.15, 0.2) is 90.4 Å². The van der Waals surface area contributed by atoms with Crippen molar-refractivity contribution in [3.63, 3.8) is 0 Å². The molecule has 1 aliphatic heterocycles. The van der Waals surface area contributed by atoms with Gasteiger partial charge in [0.05, 0.1) is 11.0 Å². The zero-order valence-corrected chi connectivity index (χ0v) is 16.7. The lowest BCUT2D eigenvalue weighted by Gasteiger charge is -2.29. The van der Waals surface area contributed by atoms with Crippen LogP contribution in [-0.2, 0) is 6.42 Å². The molecule has 28 heavy (non-hydrogen) atoms. The summed E-state index contributed by atoms with van der Waals surface area (Å²) in [5.74, 6) is 0.954. The molecule has 0 fully saturated rings. The molecular formula is C25H25N3. The molecule has 0 spiro atoms. The number of imidazole rings is 1. The molecule has 1 N–H and O–H groups in total. The molecule has 3 nitrogen and oxygen atoms in total. The number of aryl methyl sites for hydroxylation is 1. The molecular weight excluding hydrogens is 342 g/mol. The van der Waals surface area contributed by atoms with E-state index in [1.165, 1.54) is 28.0 Å². The van der Waals surface area contributed by atoms with E-state index in [-0.39, 0.29) is 0 Å². The molecule has 0 aliphatic carbocycles. The van der Waals surface area contributed by atoms with Crippen LogP contribution in [-0.4, -0.2) is 14.9 Å². The number of hydrogen-bond acceptors (Lipinski definition) is 2. The maximum atomic E-state index is 4.79. The van der Waals surface area contributed by atoms with Gasteiger partial charge in [-0.3, -0.25) is 0 Å². The predicted molar refractivity (Wildman–Crippen MR) is 117 cm³/mol. The van der Waals surface area contributed by atoms with E-state index in [9.17, 15) is 0 Å². The molecule has 4 rings (SSSR count). The van der Waals surface area contributed by atoms with Crippen molar-refractivity contribution in [2.75, 3.05) is 0 Å². The predicted octanol–water partition coefficient (Wildman–Crippen LogP) is 6.13. The van der Waals surface area contributed by atoms with Gasteiger partial charge in [0, 0.05) is 24.0 Å². The number of H-pyrrole nitrogens is 1. The van der Waals surface area contributed by atoms with E-state index in [0.29, 0.717) is 6.42 Å². The molecule has 0 bridgehead atoms. The van der Waals surface area contributed by atoms with Crippen molar-refractivity contribution in [2.24, 2.45) is 0 Å². The fraction of sp³-hybridized carbons (Fsp3) is 0.160. The third-order valence-electron chi connectivity index (χ3n) is 5.17. The zero-order valence-electron chi connectivity index (χ0n) is 16.7. The van der Waals surface area contributed by atoms with Crippen molar-refractivity contribution < 1.29 is 0 Å². The van der Waals surface area contributed by atoms with Gasteiger partial charge in [-0.15, -0.1) is 0 Å². The van der Waals surface area contributed by atoms with E-state index in [1.54, 1.807) is 0 Å². The second-order valence-corrected chi connectivity index (χ2v) is 7.38. The lowest BCUT2D eigenvalue weighted by Crippen LogP contribution is -2.20. The van der Waals surface area contributed by atoms with Crippen LogP contribution in [0.25, 0.3) is 16.6 Å². The molecule has 0 unspecified atom stereocenters. The minimum atomic E-state index is 0.699. The Morgan fingerprint density at radius 1 is 1.07 bits per heavy atom. The molecule has 2 aromatic carbocycles. The van der Waals surface area contributed by atoms with E-state index in [1.807, 2.05) is 18.2 Å². The van der Waals surface area contributed by atoms with Crippen LogP contribution >= 0.6 is 0 Å². The highest BCUT2D eigenvalue weighted by Crippen LogP contribution is 2.30. The van der Waals surface area contributed by atoms with Gasteiger partial charge in [-0.1, -0.05) is 48.5 Å². The molecule has 0 amide bonds. The second kappa shape index (κ2) is 7.35. The van der Waals surface area contributed by atoms with Gasteiger partial charge in [0.15, 0.2) is 0 Å². The first kappa shape index (κ1) is 18.1. The van der Waals surface area contributed by atoms with E-state index in [4.69, 9.17) is 4.98 Å². The number of allylic oxidation sites excluding steroid dienone is 5. The number of fused-ring (bicyclic) bond motifs is 1. The van der Waals surface area contributed by atoms with Crippen LogP contribution in [0, 0.1) is 6.92 Å². The summed E-state index contributed by atoms with van der Waals surface area (Å²) in [5, 5.41) is 0. The minimum absolute atomic E-state index is 0.699. The first-order chi connectivity index (χ1) is 13.5. The van der Waals surface area contributed by atoms with E-state index in [2.05, 4.69) is 85.9 Å². The average Bonchev–Trinajstić information content (AvgIpc) is 3.09. The molecule has 3 heteroatoms. The Morgan fingerprint density at radius 3 is 2.54 bits per heavy atom. The minimum Gasteiger partial charge on any atom is -0.342 e. The fourth-order valence-corrected chi connectivity index (χ4v) is 3.55. The van der Waals surface area contributed by atoms with E-state index >= 15 is 0 Å². The Kier molecular flexibility index (Phi) is 4.74. The number of aromatic nitrogens is 2. The highest BCUT2D eigenvalue weighted by Gasteiger charge is 2.18. The first-order valence-corrected chi connectivity index (χ1v) is 9.56. The Labute approximate surface area is 166 Å². The topological polar surface area (TPSA) is 31.9 Å². The number of para-hydroxylation sites is 2. The third kappa shape index (κ3) is 3.56. The third-order valence-corrected chi connectivity index (χ3v) is 5.17. The lowest BCUT2D eigenvalue weighted by molar-refractivity contribution is 0.568. The van der Waals surface area contributed by atoms with Gasteiger partial charge in [-0.25, -0.2) is 4.98 Å². The van der Waals surface area contributed by atoms with Gasteiger partial charge in [-0.2, -0.15) is 0 Å². The van der Waals surface area contributed by atoms with Crippen LogP contribution in [0.4, 0.5) is 0 Å². The highest BCUT2D eigenvalue weighted by molar-refractivity contribution is 5.75. The summed E-state index contributed by atoms with van der Waals surface area (Å²) in [6.45, 7) is 10.7.